The Labute approximate surface area is 151 Å². The van der Waals surface area contributed by atoms with Crippen LogP contribution in [0.5, 0.6) is 0 Å². The van der Waals surface area contributed by atoms with Crippen LogP contribution in [0.3, 0.4) is 0 Å². The molecule has 0 radical (unpaired) electrons. The van der Waals surface area contributed by atoms with Crippen LogP contribution in [0, 0.1) is 5.92 Å². The van der Waals surface area contributed by atoms with Crippen LogP contribution in [-0.2, 0) is 19.0 Å². The van der Waals surface area contributed by atoms with Crippen LogP contribution < -0.4 is 0 Å². The quantitative estimate of drug-likeness (QED) is 0.435. The smallest absolute Gasteiger partial charge is 0.246 e. The van der Waals surface area contributed by atoms with Crippen molar-refractivity contribution in [2.24, 2.45) is 5.92 Å². The molecule has 1 saturated carbocycles. The number of nitrogens with zero attached hydrogens (tertiary/aromatic N) is 1. The van der Waals surface area contributed by atoms with Gasteiger partial charge in [0.2, 0.25) is 5.91 Å². The average Bonchev–Trinajstić information content (AvgIpc) is 3.45. The highest BCUT2D eigenvalue weighted by atomic mass is 16.6. The lowest BCUT2D eigenvalue weighted by Gasteiger charge is -2.40. The molecule has 3 aliphatic rings. The van der Waals surface area contributed by atoms with E-state index < -0.39 is 0 Å². The van der Waals surface area contributed by atoms with Gasteiger partial charge in [-0.15, -0.1) is 0 Å². The molecule has 0 aromatic carbocycles. The van der Waals surface area contributed by atoms with Gasteiger partial charge in [0.15, 0.2) is 0 Å². The highest BCUT2D eigenvalue weighted by Gasteiger charge is 2.71. The summed E-state index contributed by atoms with van der Waals surface area (Å²) in [5.41, 5.74) is 1.96. The summed E-state index contributed by atoms with van der Waals surface area (Å²) < 4.78 is 18.0. The first-order chi connectivity index (χ1) is 11.7. The van der Waals surface area contributed by atoms with Crippen LogP contribution in [0.15, 0.2) is 23.3 Å². The monoisotopic (exact) mass is 349 g/mol. The molecule has 3 fully saturated rings. The number of carbonyl (C=O) groups excluding carboxylic acids is 1. The number of ether oxygens (including phenoxy) is 3. The van der Waals surface area contributed by atoms with Gasteiger partial charge in [-0.1, -0.05) is 11.6 Å². The van der Waals surface area contributed by atoms with Gasteiger partial charge >= 0.3 is 0 Å². The van der Waals surface area contributed by atoms with Crippen LogP contribution in [0.4, 0.5) is 0 Å². The summed E-state index contributed by atoms with van der Waals surface area (Å²) in [6.45, 7) is 7.16. The fourth-order valence-electron chi connectivity index (χ4n) is 4.28. The molecule has 1 amide bonds. The first-order valence-corrected chi connectivity index (χ1v) is 9.13. The predicted octanol–water partition coefficient (Wildman–Crippen LogP) is 2.71. The molecule has 25 heavy (non-hydrogen) atoms. The zero-order valence-corrected chi connectivity index (χ0v) is 16.3. The van der Waals surface area contributed by atoms with Crippen molar-refractivity contribution >= 4 is 5.91 Å². The summed E-state index contributed by atoms with van der Waals surface area (Å²) in [4.78, 5) is 13.8. The molecule has 5 heteroatoms. The van der Waals surface area contributed by atoms with Crippen molar-refractivity contribution < 1.29 is 19.0 Å². The molecular weight excluding hydrogens is 318 g/mol. The summed E-state index contributed by atoms with van der Waals surface area (Å²) in [5, 5.41) is 0. The van der Waals surface area contributed by atoms with Crippen molar-refractivity contribution in [3.05, 3.63) is 23.3 Å². The van der Waals surface area contributed by atoms with Gasteiger partial charge in [-0.3, -0.25) is 4.79 Å². The Kier molecular flexibility index (Phi) is 4.86. The Bertz CT molecular complexity index is 601. The van der Waals surface area contributed by atoms with Gasteiger partial charge in [-0.2, -0.15) is 0 Å². The number of rotatable bonds is 5. The minimum atomic E-state index is -0.260. The van der Waals surface area contributed by atoms with Crippen LogP contribution in [-0.4, -0.2) is 62.0 Å². The van der Waals surface area contributed by atoms with Crippen molar-refractivity contribution in [2.45, 2.75) is 63.4 Å². The maximum Gasteiger partial charge on any atom is 0.246 e. The van der Waals surface area contributed by atoms with E-state index >= 15 is 0 Å². The van der Waals surface area contributed by atoms with E-state index in [2.05, 4.69) is 26.8 Å². The highest BCUT2D eigenvalue weighted by Crippen LogP contribution is 2.60. The molecule has 0 N–H and O–H groups in total. The summed E-state index contributed by atoms with van der Waals surface area (Å²) in [5.74, 6) is 0.127. The molecule has 5 nitrogen and oxygen atoms in total. The van der Waals surface area contributed by atoms with Crippen molar-refractivity contribution in [1.82, 2.24) is 4.90 Å². The van der Waals surface area contributed by atoms with Gasteiger partial charge in [0.05, 0.1) is 24.7 Å². The fourth-order valence-corrected chi connectivity index (χ4v) is 4.28. The molecular formula is C20H31NO4. The Morgan fingerprint density at radius 1 is 1.40 bits per heavy atom. The van der Waals surface area contributed by atoms with E-state index in [1.807, 2.05) is 0 Å². The lowest BCUT2D eigenvalue weighted by atomic mass is 9.67. The van der Waals surface area contributed by atoms with Gasteiger partial charge in [-0.25, -0.2) is 0 Å². The van der Waals surface area contributed by atoms with Gasteiger partial charge < -0.3 is 19.1 Å². The number of hydrogen-bond donors (Lipinski definition) is 0. The maximum absolute atomic E-state index is 12.2. The maximum atomic E-state index is 12.2. The van der Waals surface area contributed by atoms with E-state index in [9.17, 15) is 4.79 Å². The molecule has 1 unspecified atom stereocenters. The average molecular weight is 349 g/mol. The number of epoxide rings is 2. The minimum absolute atomic E-state index is 0.00595. The number of likely N-dealkylation sites (N-methyl/N-ethyl adjacent to an activating group) is 1. The van der Waals surface area contributed by atoms with Crippen LogP contribution in [0.25, 0.3) is 0 Å². The molecule has 3 rings (SSSR count). The number of hydrogen-bond acceptors (Lipinski definition) is 4. The molecule has 2 saturated heterocycles. The summed E-state index contributed by atoms with van der Waals surface area (Å²) in [6.07, 6.45) is 6.71. The predicted molar refractivity (Wildman–Crippen MR) is 96.3 cm³/mol. The molecule has 0 bridgehead atoms. The van der Waals surface area contributed by atoms with E-state index in [1.54, 1.807) is 32.2 Å². The third-order valence-electron chi connectivity index (χ3n) is 5.93. The third-order valence-corrected chi connectivity index (χ3v) is 5.93. The lowest BCUT2D eigenvalue weighted by molar-refractivity contribution is -0.123. The van der Waals surface area contributed by atoms with Gasteiger partial charge in [0.1, 0.15) is 11.2 Å². The number of methoxy groups -OCH3 is 1. The first kappa shape index (κ1) is 18.6. The van der Waals surface area contributed by atoms with E-state index in [0.717, 1.165) is 31.4 Å². The molecule has 5 atom stereocenters. The third kappa shape index (κ3) is 3.42. The summed E-state index contributed by atoms with van der Waals surface area (Å²) >= 11 is 0. The van der Waals surface area contributed by atoms with E-state index in [0.29, 0.717) is 0 Å². The normalized spacial score (nSPS) is 40.9. The van der Waals surface area contributed by atoms with Crippen molar-refractivity contribution in [2.75, 3.05) is 27.8 Å². The van der Waals surface area contributed by atoms with Crippen molar-refractivity contribution in [3.63, 3.8) is 0 Å². The SMILES string of the molecule is CO[C@@H]1C(=CC(=O)N(C)C)CC[C@]2(CO2)[C@H]1C1(C)O[C@@H]1CC=C(C)C. The van der Waals surface area contributed by atoms with E-state index in [-0.39, 0.29) is 35.2 Å². The zero-order valence-electron chi connectivity index (χ0n) is 16.3. The minimum Gasteiger partial charge on any atom is -0.377 e. The Morgan fingerprint density at radius 2 is 2.08 bits per heavy atom. The molecule has 140 valence electrons. The van der Waals surface area contributed by atoms with Crippen molar-refractivity contribution in [1.29, 1.82) is 0 Å². The highest BCUT2D eigenvalue weighted by molar-refractivity contribution is 5.88. The standard InChI is InChI=1S/C20H31NO4/c1-13(2)7-8-15-19(3,25-15)18-17(23-6)14(11-16(22)21(4)5)9-10-20(18)12-24-20/h7,11,15,17-18H,8-10,12H2,1-6H3/t15-,17-,18-,19?,20+/m1/s1. The van der Waals surface area contributed by atoms with Crippen LogP contribution in [0.2, 0.25) is 0 Å². The largest absolute Gasteiger partial charge is 0.377 e. The topological polar surface area (TPSA) is 54.6 Å². The Morgan fingerprint density at radius 3 is 2.60 bits per heavy atom. The number of amides is 1. The lowest BCUT2D eigenvalue weighted by Crippen LogP contribution is -2.50. The molecule has 2 heterocycles. The van der Waals surface area contributed by atoms with Crippen LogP contribution in [0.1, 0.15) is 40.0 Å². The second-order valence-corrected chi connectivity index (χ2v) is 8.25. The Balaban J connectivity index is 1.85. The summed E-state index contributed by atoms with van der Waals surface area (Å²) in [6, 6.07) is 0. The molecule has 0 aromatic rings. The molecule has 0 aromatic heterocycles. The second kappa shape index (κ2) is 6.53. The van der Waals surface area contributed by atoms with E-state index in [4.69, 9.17) is 14.2 Å². The Hall–Kier alpha value is -1.17. The molecule has 2 aliphatic heterocycles. The first-order valence-electron chi connectivity index (χ1n) is 9.13. The van der Waals surface area contributed by atoms with Gasteiger partial charge in [-0.05, 0) is 45.6 Å². The number of allylic oxidation sites excluding steroid dienone is 1. The van der Waals surface area contributed by atoms with E-state index in [1.165, 1.54) is 5.57 Å². The van der Waals surface area contributed by atoms with Gasteiger partial charge in [0, 0.05) is 27.3 Å². The number of carbonyl (C=O) groups is 1. The molecule has 1 aliphatic carbocycles. The fraction of sp³-hybridized carbons (Fsp3) is 0.750. The summed E-state index contributed by atoms with van der Waals surface area (Å²) in [7, 11) is 5.27. The van der Waals surface area contributed by atoms with Gasteiger partial charge in [0.25, 0.3) is 0 Å². The zero-order chi connectivity index (χ0) is 18.4. The second-order valence-electron chi connectivity index (χ2n) is 8.25. The van der Waals surface area contributed by atoms with Crippen molar-refractivity contribution in [3.8, 4) is 0 Å². The van der Waals surface area contributed by atoms with Crippen LogP contribution >= 0.6 is 0 Å². The molecule has 1 spiro atoms.